The first-order valence-corrected chi connectivity index (χ1v) is 7.43. The maximum Gasteiger partial charge on any atom is 0.222 e. The quantitative estimate of drug-likeness (QED) is 0.813. The molecular weight excluding hydrogens is 264 g/mol. The van der Waals surface area contributed by atoms with E-state index in [0.29, 0.717) is 6.42 Å². The van der Waals surface area contributed by atoms with Crippen LogP contribution in [0.1, 0.15) is 44.9 Å². The van der Waals surface area contributed by atoms with Crippen LogP contribution in [0.2, 0.25) is 0 Å². The zero-order chi connectivity index (χ0) is 12.6. The van der Waals surface area contributed by atoms with Gasteiger partial charge in [0.15, 0.2) is 0 Å². The van der Waals surface area contributed by atoms with Gasteiger partial charge in [-0.25, -0.2) is 0 Å². The molecule has 2 rings (SSSR count). The predicted molar refractivity (Wildman–Crippen MR) is 78.7 cm³/mol. The van der Waals surface area contributed by atoms with Gasteiger partial charge in [0.1, 0.15) is 0 Å². The lowest BCUT2D eigenvalue weighted by Crippen LogP contribution is -2.34. The molecule has 0 bridgehead atoms. The number of ether oxygens (including phenoxy) is 1. The zero-order valence-electron chi connectivity index (χ0n) is 11.7. The molecule has 2 atom stereocenters. The number of rotatable bonds is 5. The van der Waals surface area contributed by atoms with Crippen molar-refractivity contribution in [2.45, 2.75) is 51.0 Å². The Hall–Kier alpha value is -0.320. The van der Waals surface area contributed by atoms with E-state index in [2.05, 4.69) is 10.6 Å². The van der Waals surface area contributed by atoms with Crippen molar-refractivity contribution < 1.29 is 9.53 Å². The summed E-state index contributed by atoms with van der Waals surface area (Å²) in [5.74, 6) is 0.899. The molecule has 4 nitrogen and oxygen atoms in total. The lowest BCUT2D eigenvalue weighted by atomic mass is 9.96. The van der Waals surface area contributed by atoms with Crippen molar-refractivity contribution >= 4 is 18.3 Å². The molecule has 5 heteroatoms. The lowest BCUT2D eigenvalue weighted by molar-refractivity contribution is -0.124. The van der Waals surface area contributed by atoms with Crippen molar-refractivity contribution in [3.05, 3.63) is 0 Å². The molecule has 0 spiro atoms. The Kier molecular flexibility index (Phi) is 8.42. The van der Waals surface area contributed by atoms with E-state index in [9.17, 15) is 4.79 Å². The van der Waals surface area contributed by atoms with Gasteiger partial charge in [-0.1, -0.05) is 0 Å². The molecule has 0 aliphatic carbocycles. The predicted octanol–water partition coefficient (Wildman–Crippen LogP) is 1.87. The highest BCUT2D eigenvalue weighted by atomic mass is 35.5. The summed E-state index contributed by atoms with van der Waals surface area (Å²) in [6, 6.07) is 0. The normalized spacial score (nSPS) is 27.4. The van der Waals surface area contributed by atoms with Crippen LogP contribution in [0.5, 0.6) is 0 Å². The minimum atomic E-state index is 0. The van der Waals surface area contributed by atoms with Gasteiger partial charge in [-0.05, 0) is 57.5 Å². The second-order valence-electron chi connectivity index (χ2n) is 5.54. The maximum absolute atomic E-state index is 11.7. The van der Waals surface area contributed by atoms with Crippen LogP contribution in [-0.4, -0.2) is 38.3 Å². The van der Waals surface area contributed by atoms with Gasteiger partial charge in [-0.3, -0.25) is 4.79 Å². The molecule has 2 N–H and O–H groups in total. The van der Waals surface area contributed by atoms with Crippen LogP contribution in [0, 0.1) is 5.92 Å². The van der Waals surface area contributed by atoms with Crippen molar-refractivity contribution in [3.63, 3.8) is 0 Å². The molecule has 0 aromatic heterocycles. The number of piperidine rings is 1. The van der Waals surface area contributed by atoms with Crippen LogP contribution in [-0.2, 0) is 9.53 Å². The number of hydrogen-bond acceptors (Lipinski definition) is 3. The van der Waals surface area contributed by atoms with Gasteiger partial charge in [-0.2, -0.15) is 0 Å². The molecule has 2 saturated heterocycles. The van der Waals surface area contributed by atoms with E-state index in [-0.39, 0.29) is 24.4 Å². The monoisotopic (exact) mass is 290 g/mol. The van der Waals surface area contributed by atoms with Crippen molar-refractivity contribution in [2.75, 3.05) is 26.2 Å². The summed E-state index contributed by atoms with van der Waals surface area (Å²) in [7, 11) is 0. The fourth-order valence-corrected chi connectivity index (χ4v) is 2.83. The lowest BCUT2D eigenvalue weighted by Gasteiger charge is -2.24. The Labute approximate surface area is 122 Å². The van der Waals surface area contributed by atoms with Gasteiger partial charge < -0.3 is 15.4 Å². The Morgan fingerprint density at radius 2 is 2.16 bits per heavy atom. The molecule has 2 heterocycles. The average molecular weight is 291 g/mol. The van der Waals surface area contributed by atoms with E-state index >= 15 is 0 Å². The molecule has 19 heavy (non-hydrogen) atoms. The number of carbonyl (C=O) groups excluding carboxylic acids is 1. The Morgan fingerprint density at radius 3 is 2.84 bits per heavy atom. The summed E-state index contributed by atoms with van der Waals surface area (Å²) in [5, 5.41) is 6.44. The van der Waals surface area contributed by atoms with Crippen LogP contribution in [0.4, 0.5) is 0 Å². The highest BCUT2D eigenvalue weighted by molar-refractivity contribution is 5.85. The minimum absolute atomic E-state index is 0. The molecule has 2 aliphatic rings. The molecule has 2 unspecified atom stereocenters. The van der Waals surface area contributed by atoms with Crippen molar-refractivity contribution in [3.8, 4) is 0 Å². The fourth-order valence-electron chi connectivity index (χ4n) is 2.83. The number of amides is 1. The third-order valence-electron chi connectivity index (χ3n) is 3.96. The Balaban J connectivity index is 0.00000180. The highest BCUT2D eigenvalue weighted by Crippen LogP contribution is 2.16. The summed E-state index contributed by atoms with van der Waals surface area (Å²) < 4.78 is 5.57. The number of carbonyl (C=O) groups is 1. The Bertz CT molecular complexity index is 252. The van der Waals surface area contributed by atoms with Gasteiger partial charge in [0.2, 0.25) is 5.91 Å². The second kappa shape index (κ2) is 9.56. The van der Waals surface area contributed by atoms with Gasteiger partial charge in [0, 0.05) is 13.2 Å². The molecule has 2 fully saturated rings. The fraction of sp³-hybridized carbons (Fsp3) is 0.929. The summed E-state index contributed by atoms with van der Waals surface area (Å²) in [5.41, 5.74) is 0. The van der Waals surface area contributed by atoms with E-state index < -0.39 is 0 Å². The SMILES string of the molecule is Cl.O=C(CC1CCCCO1)NCCC1CCCNC1. The highest BCUT2D eigenvalue weighted by Gasteiger charge is 2.18. The van der Waals surface area contributed by atoms with Gasteiger partial charge >= 0.3 is 0 Å². The van der Waals surface area contributed by atoms with Crippen LogP contribution in [0.15, 0.2) is 0 Å². The molecule has 0 aromatic rings. The van der Waals surface area contributed by atoms with E-state index in [0.717, 1.165) is 51.4 Å². The third kappa shape index (κ3) is 6.59. The first-order chi connectivity index (χ1) is 8.84. The maximum atomic E-state index is 11.7. The molecule has 0 radical (unpaired) electrons. The first kappa shape index (κ1) is 16.7. The van der Waals surface area contributed by atoms with E-state index in [4.69, 9.17) is 4.74 Å². The third-order valence-corrected chi connectivity index (χ3v) is 3.96. The summed E-state index contributed by atoms with van der Waals surface area (Å²) >= 11 is 0. The van der Waals surface area contributed by atoms with Gasteiger partial charge in [0.25, 0.3) is 0 Å². The van der Waals surface area contributed by atoms with Crippen LogP contribution >= 0.6 is 12.4 Å². The zero-order valence-corrected chi connectivity index (χ0v) is 12.5. The molecule has 2 aliphatic heterocycles. The summed E-state index contributed by atoms with van der Waals surface area (Å²) in [4.78, 5) is 11.7. The number of nitrogens with one attached hydrogen (secondary N) is 2. The number of halogens is 1. The van der Waals surface area contributed by atoms with E-state index in [1.807, 2.05) is 0 Å². The van der Waals surface area contributed by atoms with Crippen molar-refractivity contribution in [1.82, 2.24) is 10.6 Å². The average Bonchev–Trinajstić information content (AvgIpc) is 2.41. The van der Waals surface area contributed by atoms with Gasteiger partial charge in [-0.15, -0.1) is 12.4 Å². The molecule has 0 saturated carbocycles. The van der Waals surface area contributed by atoms with Crippen molar-refractivity contribution in [1.29, 1.82) is 0 Å². The minimum Gasteiger partial charge on any atom is -0.378 e. The molecule has 112 valence electrons. The topological polar surface area (TPSA) is 50.4 Å². The van der Waals surface area contributed by atoms with Gasteiger partial charge in [0.05, 0.1) is 12.5 Å². The van der Waals surface area contributed by atoms with Crippen LogP contribution in [0.25, 0.3) is 0 Å². The largest absolute Gasteiger partial charge is 0.378 e. The van der Waals surface area contributed by atoms with E-state index in [1.54, 1.807) is 0 Å². The first-order valence-electron chi connectivity index (χ1n) is 7.43. The summed E-state index contributed by atoms with van der Waals surface area (Å²) in [6.45, 7) is 3.91. The number of hydrogen-bond donors (Lipinski definition) is 2. The Morgan fingerprint density at radius 1 is 1.26 bits per heavy atom. The molecular formula is C14H27ClN2O2. The molecule has 0 aromatic carbocycles. The smallest absolute Gasteiger partial charge is 0.222 e. The summed E-state index contributed by atoms with van der Waals surface area (Å²) in [6.07, 6.45) is 7.77. The second-order valence-corrected chi connectivity index (χ2v) is 5.54. The van der Waals surface area contributed by atoms with Crippen LogP contribution in [0.3, 0.4) is 0 Å². The van der Waals surface area contributed by atoms with Crippen molar-refractivity contribution in [2.24, 2.45) is 5.92 Å². The van der Waals surface area contributed by atoms with Crippen LogP contribution < -0.4 is 10.6 Å². The van der Waals surface area contributed by atoms with E-state index in [1.165, 1.54) is 19.3 Å². The standard InChI is InChI=1S/C14H26N2O2.ClH/c17-14(10-13-5-1-2-9-18-13)16-8-6-12-4-3-7-15-11-12;/h12-13,15H,1-11H2,(H,16,17);1H. The molecule has 1 amide bonds.